The molecule has 1 aromatic carbocycles. The number of halogens is 1. The molecule has 0 bridgehead atoms. The lowest BCUT2D eigenvalue weighted by atomic mass is 10.1. The van der Waals surface area contributed by atoms with Gasteiger partial charge in [0.05, 0.1) is 7.11 Å². The molecule has 2 N–H and O–H groups in total. The highest BCUT2D eigenvalue weighted by Gasteiger charge is 2.18. The van der Waals surface area contributed by atoms with Crippen LogP contribution in [-0.2, 0) is 17.2 Å². The molecule has 0 heterocycles. The van der Waals surface area contributed by atoms with E-state index in [4.69, 9.17) is 4.74 Å². The van der Waals surface area contributed by atoms with E-state index in [9.17, 15) is 4.21 Å². The Morgan fingerprint density at radius 2 is 1.83 bits per heavy atom. The molecule has 0 aliphatic rings. The van der Waals surface area contributed by atoms with Gasteiger partial charge < -0.3 is 15.4 Å². The van der Waals surface area contributed by atoms with Crippen molar-refractivity contribution in [2.75, 3.05) is 33.0 Å². The Balaban J connectivity index is 0.00000529. The maximum atomic E-state index is 12.0. The van der Waals surface area contributed by atoms with Crippen molar-refractivity contribution in [3.63, 3.8) is 0 Å². The number of benzene rings is 1. The van der Waals surface area contributed by atoms with Crippen LogP contribution in [0, 0.1) is 0 Å². The molecule has 0 saturated heterocycles. The Morgan fingerprint density at radius 3 is 2.42 bits per heavy atom. The summed E-state index contributed by atoms with van der Waals surface area (Å²) < 4.78 is 17.2. The van der Waals surface area contributed by atoms with Crippen LogP contribution in [-0.4, -0.2) is 47.9 Å². The fraction of sp³-hybridized carbons (Fsp3) is 0.588. The quantitative estimate of drug-likeness (QED) is 0.368. The minimum Gasteiger partial charge on any atom is -0.496 e. The SMILES string of the molecule is CN=C(NCCc1ccccc1OC)NCCS(=O)C(C)(C)C.I. The van der Waals surface area contributed by atoms with Crippen LogP contribution in [0.25, 0.3) is 0 Å². The van der Waals surface area contributed by atoms with Gasteiger partial charge in [-0.25, -0.2) is 0 Å². The van der Waals surface area contributed by atoms with Gasteiger partial charge in [-0.15, -0.1) is 24.0 Å². The number of ether oxygens (including phenoxy) is 1. The molecule has 0 spiro atoms. The Labute approximate surface area is 165 Å². The highest BCUT2D eigenvalue weighted by Crippen LogP contribution is 2.17. The van der Waals surface area contributed by atoms with E-state index in [1.807, 2.05) is 39.0 Å². The topological polar surface area (TPSA) is 62.7 Å². The number of aliphatic imine (C=N–C) groups is 1. The molecule has 0 radical (unpaired) electrons. The molecule has 0 aromatic heterocycles. The monoisotopic (exact) mass is 467 g/mol. The Hall–Kier alpha value is -0.830. The molecule has 1 rings (SSSR count). The summed E-state index contributed by atoms with van der Waals surface area (Å²) in [5.74, 6) is 2.24. The molecule has 138 valence electrons. The highest BCUT2D eigenvalue weighted by molar-refractivity contribution is 14.0. The summed E-state index contributed by atoms with van der Waals surface area (Å²) in [4.78, 5) is 4.19. The van der Waals surface area contributed by atoms with Gasteiger partial charge in [0, 0.05) is 41.4 Å². The van der Waals surface area contributed by atoms with Crippen molar-refractivity contribution in [2.24, 2.45) is 4.99 Å². The van der Waals surface area contributed by atoms with E-state index in [1.54, 1.807) is 14.2 Å². The van der Waals surface area contributed by atoms with Crippen molar-refractivity contribution in [3.8, 4) is 5.75 Å². The Bertz CT molecular complexity index is 545. The molecule has 1 aromatic rings. The van der Waals surface area contributed by atoms with Crippen LogP contribution in [0.15, 0.2) is 29.3 Å². The van der Waals surface area contributed by atoms with Gasteiger partial charge in [-0.05, 0) is 38.8 Å². The second-order valence-electron chi connectivity index (χ2n) is 6.15. The second kappa shape index (κ2) is 11.7. The highest BCUT2D eigenvalue weighted by atomic mass is 127. The molecule has 0 saturated carbocycles. The molecular formula is C17H30IN3O2S. The molecule has 0 fully saturated rings. The predicted octanol–water partition coefficient (Wildman–Crippen LogP) is 2.57. The number of nitrogens with zero attached hydrogens (tertiary/aromatic N) is 1. The largest absolute Gasteiger partial charge is 0.496 e. The summed E-state index contributed by atoms with van der Waals surface area (Å²) in [7, 11) is 2.56. The Kier molecular flexibility index (Phi) is 11.3. The van der Waals surface area contributed by atoms with Gasteiger partial charge in [-0.1, -0.05) is 18.2 Å². The van der Waals surface area contributed by atoms with Crippen molar-refractivity contribution in [1.82, 2.24) is 10.6 Å². The maximum Gasteiger partial charge on any atom is 0.191 e. The van der Waals surface area contributed by atoms with E-state index in [0.717, 1.165) is 30.2 Å². The van der Waals surface area contributed by atoms with E-state index >= 15 is 0 Å². The van der Waals surface area contributed by atoms with Gasteiger partial charge in [0.25, 0.3) is 0 Å². The molecule has 1 unspecified atom stereocenters. The van der Waals surface area contributed by atoms with Crippen molar-refractivity contribution in [1.29, 1.82) is 0 Å². The number of hydrogen-bond donors (Lipinski definition) is 2. The smallest absolute Gasteiger partial charge is 0.191 e. The third-order valence-electron chi connectivity index (χ3n) is 3.37. The fourth-order valence-electron chi connectivity index (χ4n) is 2.01. The van der Waals surface area contributed by atoms with Crippen molar-refractivity contribution < 1.29 is 8.95 Å². The molecule has 7 heteroatoms. The zero-order valence-electron chi connectivity index (χ0n) is 15.2. The number of nitrogens with one attached hydrogen (secondary N) is 2. The minimum atomic E-state index is -0.857. The van der Waals surface area contributed by atoms with Crippen LogP contribution in [0.5, 0.6) is 5.75 Å². The van der Waals surface area contributed by atoms with Crippen LogP contribution in [0.4, 0.5) is 0 Å². The summed E-state index contributed by atoms with van der Waals surface area (Å²) in [6.45, 7) is 7.36. The molecule has 1 atom stereocenters. The first-order valence-electron chi connectivity index (χ1n) is 7.83. The van der Waals surface area contributed by atoms with Gasteiger partial charge >= 0.3 is 0 Å². The Morgan fingerprint density at radius 1 is 1.21 bits per heavy atom. The zero-order chi connectivity index (χ0) is 17.3. The summed E-state index contributed by atoms with van der Waals surface area (Å²) in [5, 5.41) is 6.47. The van der Waals surface area contributed by atoms with Crippen molar-refractivity contribution in [3.05, 3.63) is 29.8 Å². The van der Waals surface area contributed by atoms with Crippen LogP contribution >= 0.6 is 24.0 Å². The number of guanidine groups is 1. The molecule has 0 aliphatic carbocycles. The van der Waals surface area contributed by atoms with Crippen LogP contribution < -0.4 is 15.4 Å². The zero-order valence-corrected chi connectivity index (χ0v) is 18.4. The first-order valence-corrected chi connectivity index (χ1v) is 9.15. The van der Waals surface area contributed by atoms with E-state index in [1.165, 1.54) is 0 Å². The fourth-order valence-corrected chi connectivity index (χ4v) is 2.91. The van der Waals surface area contributed by atoms with E-state index in [-0.39, 0.29) is 28.7 Å². The molecule has 5 nitrogen and oxygen atoms in total. The minimum absolute atomic E-state index is 0. The molecule has 24 heavy (non-hydrogen) atoms. The summed E-state index contributed by atoms with van der Waals surface area (Å²) in [6.07, 6.45) is 0.846. The van der Waals surface area contributed by atoms with Crippen LogP contribution in [0.3, 0.4) is 0 Å². The van der Waals surface area contributed by atoms with E-state index in [2.05, 4.69) is 21.7 Å². The lowest BCUT2D eigenvalue weighted by molar-refractivity contribution is 0.409. The van der Waals surface area contributed by atoms with Gasteiger partial charge in [-0.2, -0.15) is 0 Å². The first-order chi connectivity index (χ1) is 10.9. The lowest BCUT2D eigenvalue weighted by Crippen LogP contribution is -2.41. The number of methoxy groups -OCH3 is 1. The number of rotatable bonds is 7. The van der Waals surface area contributed by atoms with Gasteiger partial charge in [0.2, 0.25) is 0 Å². The van der Waals surface area contributed by atoms with Gasteiger partial charge in [0.15, 0.2) is 5.96 Å². The van der Waals surface area contributed by atoms with E-state index < -0.39 is 10.8 Å². The first kappa shape index (κ1) is 23.2. The average Bonchev–Trinajstić information content (AvgIpc) is 2.52. The summed E-state index contributed by atoms with van der Waals surface area (Å²) in [5.41, 5.74) is 1.16. The number of hydrogen-bond acceptors (Lipinski definition) is 3. The second-order valence-corrected chi connectivity index (χ2v) is 8.47. The van der Waals surface area contributed by atoms with Gasteiger partial charge in [-0.3, -0.25) is 9.20 Å². The van der Waals surface area contributed by atoms with Crippen molar-refractivity contribution in [2.45, 2.75) is 31.9 Å². The maximum absolute atomic E-state index is 12.0. The molecular weight excluding hydrogens is 437 g/mol. The number of para-hydroxylation sites is 1. The summed E-state index contributed by atoms with van der Waals surface area (Å²) >= 11 is 0. The average molecular weight is 467 g/mol. The predicted molar refractivity (Wildman–Crippen MR) is 114 cm³/mol. The van der Waals surface area contributed by atoms with Crippen LogP contribution in [0.1, 0.15) is 26.3 Å². The molecule has 0 amide bonds. The van der Waals surface area contributed by atoms with E-state index in [0.29, 0.717) is 12.3 Å². The standard InChI is InChI=1S/C17H29N3O2S.HI/c1-17(2,3)23(21)13-12-20-16(18-4)19-11-10-14-8-6-7-9-15(14)22-5;/h6-9H,10-13H2,1-5H3,(H2,18,19,20);1H. The molecule has 0 aliphatic heterocycles. The van der Waals surface area contributed by atoms with Gasteiger partial charge in [0.1, 0.15) is 5.75 Å². The third kappa shape index (κ3) is 8.32. The van der Waals surface area contributed by atoms with Crippen molar-refractivity contribution >= 4 is 40.7 Å². The summed E-state index contributed by atoms with van der Waals surface area (Å²) in [6, 6.07) is 7.99. The van der Waals surface area contributed by atoms with Crippen LogP contribution in [0.2, 0.25) is 0 Å². The third-order valence-corrected chi connectivity index (χ3v) is 5.31. The lowest BCUT2D eigenvalue weighted by Gasteiger charge is -2.18. The normalized spacial score (nSPS) is 13.0.